The summed E-state index contributed by atoms with van der Waals surface area (Å²) in [6.45, 7) is 1.95. The molecule has 5 nitrogen and oxygen atoms in total. The topological polar surface area (TPSA) is 49.6 Å². The van der Waals surface area contributed by atoms with Crippen molar-refractivity contribution in [1.29, 1.82) is 0 Å². The van der Waals surface area contributed by atoms with Crippen LogP contribution in [0.3, 0.4) is 0 Å². The van der Waals surface area contributed by atoms with E-state index in [1.807, 2.05) is 26.2 Å². The van der Waals surface area contributed by atoms with Gasteiger partial charge in [-0.05, 0) is 25.1 Å². The van der Waals surface area contributed by atoms with Crippen molar-refractivity contribution in [2.24, 2.45) is 0 Å². The van der Waals surface area contributed by atoms with Crippen molar-refractivity contribution in [3.05, 3.63) is 29.8 Å². The van der Waals surface area contributed by atoms with Crippen LogP contribution in [0.25, 0.3) is 5.52 Å². The second-order valence-corrected chi connectivity index (χ2v) is 5.20. The lowest BCUT2D eigenvalue weighted by Gasteiger charge is -2.14. The van der Waals surface area contributed by atoms with Gasteiger partial charge < -0.3 is 14.6 Å². The van der Waals surface area contributed by atoms with Crippen LogP contribution in [0.2, 0.25) is 0 Å². The summed E-state index contributed by atoms with van der Waals surface area (Å²) < 4.78 is 2.07. The van der Waals surface area contributed by atoms with E-state index in [0.717, 1.165) is 42.8 Å². The second-order valence-electron chi connectivity index (χ2n) is 5.20. The summed E-state index contributed by atoms with van der Waals surface area (Å²) in [5.74, 6) is 1.38. The van der Waals surface area contributed by atoms with Crippen LogP contribution in [0.5, 0.6) is 0 Å². The summed E-state index contributed by atoms with van der Waals surface area (Å²) in [6, 6.07) is 3.98. The first kappa shape index (κ1) is 12.2. The average Bonchev–Trinajstić information content (AvgIpc) is 3.04. The number of fused-ring (bicyclic) bond motifs is 1. The molecule has 1 saturated heterocycles. The van der Waals surface area contributed by atoms with Crippen LogP contribution in [0.4, 0.5) is 5.69 Å². The number of rotatable bonds is 3. The lowest BCUT2D eigenvalue weighted by molar-refractivity contribution is 0.112. The highest BCUT2D eigenvalue weighted by atomic mass is 16.1. The first-order chi connectivity index (χ1) is 9.20. The van der Waals surface area contributed by atoms with E-state index in [9.17, 15) is 4.79 Å². The summed E-state index contributed by atoms with van der Waals surface area (Å²) in [5, 5.41) is 3.35. The molecule has 5 heteroatoms. The second kappa shape index (κ2) is 4.66. The molecule has 1 aliphatic heterocycles. The first-order valence-electron chi connectivity index (χ1n) is 6.56. The molecule has 1 unspecified atom stereocenters. The highest BCUT2D eigenvalue weighted by Crippen LogP contribution is 2.26. The van der Waals surface area contributed by atoms with E-state index >= 15 is 0 Å². The molecule has 100 valence electrons. The van der Waals surface area contributed by atoms with Gasteiger partial charge in [0.25, 0.3) is 0 Å². The summed E-state index contributed by atoms with van der Waals surface area (Å²) in [6.07, 6.45) is 3.98. The number of nitrogens with one attached hydrogen (secondary N) is 1. The number of anilines is 1. The Morgan fingerprint density at radius 1 is 1.47 bits per heavy atom. The Morgan fingerprint density at radius 3 is 2.95 bits per heavy atom. The minimum atomic E-state index is 0.388. The summed E-state index contributed by atoms with van der Waals surface area (Å²) >= 11 is 0. The number of carbonyl (C=O) groups excluding carboxylic acids is 1. The normalized spacial score (nSPS) is 18.9. The molecule has 0 spiro atoms. The summed E-state index contributed by atoms with van der Waals surface area (Å²) in [4.78, 5) is 17.7. The Labute approximate surface area is 112 Å². The molecule has 0 aliphatic carbocycles. The first-order valence-corrected chi connectivity index (χ1v) is 6.56. The van der Waals surface area contributed by atoms with E-state index in [-0.39, 0.29) is 0 Å². The average molecular weight is 258 g/mol. The molecule has 1 N–H and O–H groups in total. The summed E-state index contributed by atoms with van der Waals surface area (Å²) in [5.41, 5.74) is 2.53. The molecule has 0 aromatic carbocycles. The monoisotopic (exact) mass is 258 g/mol. The number of pyridine rings is 1. The van der Waals surface area contributed by atoms with Gasteiger partial charge in [-0.3, -0.25) is 4.79 Å². The predicted octanol–water partition coefficient (Wildman–Crippen LogP) is 1.29. The van der Waals surface area contributed by atoms with Crippen molar-refractivity contribution in [3.63, 3.8) is 0 Å². The molecule has 0 bridgehead atoms. The fraction of sp³-hybridized carbons (Fsp3) is 0.429. The largest absolute Gasteiger partial charge is 0.376 e. The van der Waals surface area contributed by atoms with Crippen molar-refractivity contribution in [2.75, 3.05) is 32.1 Å². The lowest BCUT2D eigenvalue weighted by atomic mass is 10.1. The summed E-state index contributed by atoms with van der Waals surface area (Å²) in [7, 11) is 4.02. The van der Waals surface area contributed by atoms with E-state index in [2.05, 4.69) is 25.8 Å². The van der Waals surface area contributed by atoms with Crippen LogP contribution in [-0.4, -0.2) is 42.9 Å². The molecular formula is C14H18N4O. The third kappa shape index (κ3) is 2.00. The molecule has 2 aromatic heterocycles. The van der Waals surface area contributed by atoms with Crippen LogP contribution in [0.1, 0.15) is 28.7 Å². The Hall–Kier alpha value is -1.88. The van der Waals surface area contributed by atoms with Crippen molar-refractivity contribution < 1.29 is 4.79 Å². The highest BCUT2D eigenvalue weighted by molar-refractivity contribution is 5.84. The standard InChI is InChI=1S/C14H18N4O/c1-17(2)11-3-4-13-12(9-19)16-14(18(13)8-11)10-5-6-15-7-10/h3-4,8-10,15H,5-7H2,1-2H3. The van der Waals surface area contributed by atoms with Crippen molar-refractivity contribution in [2.45, 2.75) is 12.3 Å². The van der Waals surface area contributed by atoms with Gasteiger partial charge in [-0.2, -0.15) is 0 Å². The Balaban J connectivity index is 2.18. The highest BCUT2D eigenvalue weighted by Gasteiger charge is 2.23. The molecular weight excluding hydrogens is 240 g/mol. The Morgan fingerprint density at radius 2 is 2.32 bits per heavy atom. The van der Waals surface area contributed by atoms with E-state index in [1.54, 1.807) is 0 Å². The zero-order valence-corrected chi connectivity index (χ0v) is 11.3. The molecule has 3 rings (SSSR count). The van der Waals surface area contributed by atoms with Crippen LogP contribution in [0, 0.1) is 0 Å². The van der Waals surface area contributed by atoms with Gasteiger partial charge in [0.1, 0.15) is 11.5 Å². The molecule has 19 heavy (non-hydrogen) atoms. The molecule has 1 atom stereocenters. The van der Waals surface area contributed by atoms with Gasteiger partial charge in [-0.15, -0.1) is 0 Å². The maximum absolute atomic E-state index is 11.2. The van der Waals surface area contributed by atoms with Gasteiger partial charge in [0.15, 0.2) is 6.29 Å². The van der Waals surface area contributed by atoms with E-state index < -0.39 is 0 Å². The van der Waals surface area contributed by atoms with E-state index in [0.29, 0.717) is 11.6 Å². The predicted molar refractivity (Wildman–Crippen MR) is 75.1 cm³/mol. The minimum Gasteiger partial charge on any atom is -0.376 e. The smallest absolute Gasteiger partial charge is 0.170 e. The van der Waals surface area contributed by atoms with Gasteiger partial charge in [0.2, 0.25) is 0 Å². The van der Waals surface area contributed by atoms with Gasteiger partial charge in [-0.1, -0.05) is 0 Å². The number of aromatic nitrogens is 2. The Bertz CT molecular complexity index is 611. The molecule has 0 radical (unpaired) electrons. The van der Waals surface area contributed by atoms with Gasteiger partial charge >= 0.3 is 0 Å². The molecule has 3 heterocycles. The van der Waals surface area contributed by atoms with Crippen LogP contribution >= 0.6 is 0 Å². The number of aldehydes is 1. The van der Waals surface area contributed by atoms with Crippen molar-refractivity contribution in [3.8, 4) is 0 Å². The number of hydrogen-bond donors (Lipinski definition) is 1. The minimum absolute atomic E-state index is 0.388. The quantitative estimate of drug-likeness (QED) is 0.843. The molecule has 1 aliphatic rings. The number of imidazole rings is 1. The van der Waals surface area contributed by atoms with Crippen molar-refractivity contribution in [1.82, 2.24) is 14.7 Å². The Kier molecular flexibility index (Phi) is 2.98. The zero-order chi connectivity index (χ0) is 13.4. The number of carbonyl (C=O) groups is 1. The van der Waals surface area contributed by atoms with E-state index in [1.165, 1.54) is 0 Å². The third-order valence-corrected chi connectivity index (χ3v) is 3.73. The third-order valence-electron chi connectivity index (χ3n) is 3.73. The van der Waals surface area contributed by atoms with Gasteiger partial charge in [0.05, 0.1) is 11.2 Å². The number of hydrogen-bond acceptors (Lipinski definition) is 4. The van der Waals surface area contributed by atoms with Crippen LogP contribution < -0.4 is 10.2 Å². The fourth-order valence-corrected chi connectivity index (χ4v) is 2.64. The molecule has 1 fully saturated rings. The fourth-order valence-electron chi connectivity index (χ4n) is 2.64. The van der Waals surface area contributed by atoms with Gasteiger partial charge in [-0.25, -0.2) is 4.98 Å². The van der Waals surface area contributed by atoms with Crippen LogP contribution in [-0.2, 0) is 0 Å². The van der Waals surface area contributed by atoms with Crippen molar-refractivity contribution >= 4 is 17.5 Å². The lowest BCUT2D eigenvalue weighted by Crippen LogP contribution is -2.12. The molecule has 2 aromatic rings. The van der Waals surface area contributed by atoms with E-state index in [4.69, 9.17) is 0 Å². The maximum atomic E-state index is 11.2. The van der Waals surface area contributed by atoms with Gasteiger partial charge in [0, 0.05) is 32.8 Å². The molecule has 0 amide bonds. The van der Waals surface area contributed by atoms with Crippen LogP contribution in [0.15, 0.2) is 18.3 Å². The zero-order valence-electron chi connectivity index (χ0n) is 11.3. The SMILES string of the molecule is CN(C)c1ccc2c(C=O)nc(C3CCNC3)n2c1. The number of nitrogens with zero attached hydrogens (tertiary/aromatic N) is 3. The molecule has 0 saturated carbocycles. The maximum Gasteiger partial charge on any atom is 0.170 e.